The molecule has 2 saturated heterocycles. The van der Waals surface area contributed by atoms with Crippen LogP contribution < -0.4 is 10.2 Å². The first-order valence-electron chi connectivity index (χ1n) is 16.0. The fourth-order valence-electron chi connectivity index (χ4n) is 5.09. The number of benzene rings is 2. The molecule has 0 saturated carbocycles. The molecule has 0 radical (unpaired) electrons. The Morgan fingerprint density at radius 1 is 0.702 bits per heavy atom. The van der Waals surface area contributed by atoms with Crippen LogP contribution in [-0.4, -0.2) is 105 Å². The molecule has 0 spiro atoms. The van der Waals surface area contributed by atoms with Crippen molar-refractivity contribution in [1.29, 1.82) is 0 Å². The third kappa shape index (κ3) is 10.6. The van der Waals surface area contributed by atoms with Crippen molar-refractivity contribution < 1.29 is 19.1 Å². The number of nitrogens with one attached hydrogen (secondary N) is 1. The first-order valence-corrected chi connectivity index (χ1v) is 16.8. The summed E-state index contributed by atoms with van der Waals surface area (Å²) in [5.41, 5.74) is 2.61. The molecule has 4 heterocycles. The predicted molar refractivity (Wildman–Crippen MR) is 190 cm³/mol. The fourth-order valence-corrected chi connectivity index (χ4v) is 5.44. The highest BCUT2D eigenvalue weighted by Crippen LogP contribution is 2.23. The molecule has 47 heavy (non-hydrogen) atoms. The van der Waals surface area contributed by atoms with Gasteiger partial charge in [-0.2, -0.15) is 10.2 Å². The Morgan fingerprint density at radius 3 is 1.68 bits per heavy atom. The van der Waals surface area contributed by atoms with E-state index in [0.717, 1.165) is 60.2 Å². The van der Waals surface area contributed by atoms with Gasteiger partial charge in [-0.15, -0.1) is 0 Å². The minimum Gasteiger partial charge on any atom is -0.444 e. The fraction of sp³-hybridized carbons (Fsp3) is 0.529. The number of aromatic nitrogens is 4. The summed E-state index contributed by atoms with van der Waals surface area (Å²) in [5, 5.41) is 13.9. The standard InChI is InChI=1S/C17H24N4O2.C9H18N2O2.C8H7BrN2/c1-17(2,3)23-16(22)21-9-7-20(8-10-21)14-6-5-13-12-18-19(4)15(13)11-14;1-9(2,3)13-8(12)11-6-4-10-5-7-11;1-11-8-4-7(9)3-2-6(8)5-10-11/h5-6,11-12H,7-10H2,1-4H3;10H,4-7H2,1-3H3;2-5H,1H3. The van der Waals surface area contributed by atoms with Gasteiger partial charge >= 0.3 is 12.2 Å². The number of anilines is 1. The van der Waals surface area contributed by atoms with Crippen LogP contribution in [0.5, 0.6) is 0 Å². The van der Waals surface area contributed by atoms with Crippen molar-refractivity contribution in [1.82, 2.24) is 34.7 Å². The van der Waals surface area contributed by atoms with E-state index in [-0.39, 0.29) is 17.8 Å². The van der Waals surface area contributed by atoms with Crippen LogP contribution in [0, 0.1) is 0 Å². The molecule has 2 aliphatic rings. The van der Waals surface area contributed by atoms with Gasteiger partial charge in [0.25, 0.3) is 0 Å². The molecule has 0 bridgehead atoms. The number of rotatable bonds is 1. The molecule has 12 nitrogen and oxygen atoms in total. The zero-order valence-corrected chi connectivity index (χ0v) is 30.5. The number of carbonyl (C=O) groups excluding carboxylic acids is 2. The Kier molecular flexibility index (Phi) is 11.8. The average Bonchev–Trinajstić information content (AvgIpc) is 3.58. The maximum absolute atomic E-state index is 12.1. The molecule has 13 heteroatoms. The Labute approximate surface area is 286 Å². The van der Waals surface area contributed by atoms with Crippen molar-refractivity contribution in [2.75, 3.05) is 57.3 Å². The van der Waals surface area contributed by atoms with Crippen LogP contribution >= 0.6 is 15.9 Å². The van der Waals surface area contributed by atoms with Gasteiger partial charge in [-0.25, -0.2) is 9.59 Å². The number of halogens is 1. The summed E-state index contributed by atoms with van der Waals surface area (Å²) in [5.74, 6) is 0. The van der Waals surface area contributed by atoms with E-state index in [2.05, 4.69) is 60.6 Å². The SMILES string of the molecule is CC(C)(C)OC(=O)N1CCNCC1.Cn1ncc2ccc(Br)cc21.Cn1ncc2ccc(N3CCN(C(=O)OC(C)(C)C)CC3)cc21. The van der Waals surface area contributed by atoms with Gasteiger partial charge < -0.3 is 29.5 Å². The number of amides is 2. The summed E-state index contributed by atoms with van der Waals surface area (Å²) in [4.78, 5) is 29.4. The number of hydrogen-bond acceptors (Lipinski definition) is 8. The van der Waals surface area contributed by atoms with Crippen LogP contribution in [0.3, 0.4) is 0 Å². The number of nitrogens with zero attached hydrogens (tertiary/aromatic N) is 7. The molecule has 0 aliphatic carbocycles. The zero-order chi connectivity index (χ0) is 34.4. The van der Waals surface area contributed by atoms with Crippen LogP contribution in [0.25, 0.3) is 21.8 Å². The van der Waals surface area contributed by atoms with Gasteiger partial charge in [0, 0.05) is 87.4 Å². The summed E-state index contributed by atoms with van der Waals surface area (Å²) in [6.45, 7) is 17.5. The van der Waals surface area contributed by atoms with E-state index >= 15 is 0 Å². The van der Waals surface area contributed by atoms with Gasteiger partial charge in [-0.1, -0.05) is 22.0 Å². The lowest BCUT2D eigenvalue weighted by molar-refractivity contribution is 0.0223. The Hall–Kier alpha value is -3.84. The molecule has 6 rings (SSSR count). The van der Waals surface area contributed by atoms with Gasteiger partial charge in [-0.3, -0.25) is 9.36 Å². The Bertz CT molecular complexity index is 1640. The molecule has 0 atom stereocenters. The van der Waals surface area contributed by atoms with Crippen LogP contribution in [0.1, 0.15) is 41.5 Å². The molecule has 256 valence electrons. The summed E-state index contributed by atoms with van der Waals surface area (Å²) >= 11 is 3.41. The van der Waals surface area contributed by atoms with Gasteiger partial charge in [0.05, 0.1) is 23.4 Å². The highest BCUT2D eigenvalue weighted by Gasteiger charge is 2.26. The maximum atomic E-state index is 12.1. The second-order valence-corrected chi connectivity index (χ2v) is 14.6. The van der Waals surface area contributed by atoms with Crippen molar-refractivity contribution in [2.45, 2.75) is 52.7 Å². The molecule has 2 amide bonds. The molecule has 2 aromatic carbocycles. The molecule has 1 N–H and O–H groups in total. The van der Waals surface area contributed by atoms with E-state index in [1.54, 1.807) is 9.80 Å². The van der Waals surface area contributed by atoms with Crippen LogP contribution in [-0.2, 0) is 23.6 Å². The normalized spacial score (nSPS) is 15.5. The van der Waals surface area contributed by atoms with Crippen LogP contribution in [0.4, 0.5) is 15.3 Å². The minimum absolute atomic E-state index is 0.200. The molecule has 0 unspecified atom stereocenters. The lowest BCUT2D eigenvalue weighted by Crippen LogP contribution is -2.50. The van der Waals surface area contributed by atoms with Gasteiger partial charge in [0.15, 0.2) is 0 Å². The number of fused-ring (bicyclic) bond motifs is 2. The Balaban J connectivity index is 0.000000176. The molecule has 4 aromatic rings. The van der Waals surface area contributed by atoms with E-state index in [4.69, 9.17) is 9.47 Å². The minimum atomic E-state index is -0.446. The van der Waals surface area contributed by atoms with Crippen LogP contribution in [0.15, 0.2) is 53.3 Å². The van der Waals surface area contributed by atoms with E-state index in [1.165, 1.54) is 11.1 Å². The first-order chi connectivity index (χ1) is 22.1. The number of piperazine rings is 2. The number of aryl methyl sites for hydroxylation is 2. The van der Waals surface area contributed by atoms with Gasteiger partial charge in [0.2, 0.25) is 0 Å². The van der Waals surface area contributed by atoms with Gasteiger partial charge in [0.1, 0.15) is 11.2 Å². The van der Waals surface area contributed by atoms with Crippen molar-refractivity contribution in [3.63, 3.8) is 0 Å². The number of carbonyl (C=O) groups is 2. The van der Waals surface area contributed by atoms with Crippen LogP contribution in [0.2, 0.25) is 0 Å². The lowest BCUT2D eigenvalue weighted by Gasteiger charge is -2.36. The molecular formula is C34H49BrN8O4. The summed E-state index contributed by atoms with van der Waals surface area (Å²) in [7, 11) is 3.89. The van der Waals surface area contributed by atoms with E-state index in [1.807, 2.05) is 89.5 Å². The van der Waals surface area contributed by atoms with E-state index in [9.17, 15) is 9.59 Å². The van der Waals surface area contributed by atoms with Crippen molar-refractivity contribution in [3.8, 4) is 0 Å². The highest BCUT2D eigenvalue weighted by atomic mass is 79.9. The van der Waals surface area contributed by atoms with Gasteiger partial charge in [-0.05, 0) is 71.9 Å². The second-order valence-electron chi connectivity index (χ2n) is 13.7. The van der Waals surface area contributed by atoms with Crippen molar-refractivity contribution in [2.24, 2.45) is 14.1 Å². The van der Waals surface area contributed by atoms with Crippen molar-refractivity contribution >= 4 is 55.6 Å². The molecule has 2 aliphatic heterocycles. The number of ether oxygens (including phenoxy) is 2. The summed E-state index contributed by atoms with van der Waals surface area (Å²) in [6.07, 6.45) is 3.31. The van der Waals surface area contributed by atoms with E-state index in [0.29, 0.717) is 13.1 Å². The maximum Gasteiger partial charge on any atom is 0.410 e. The topological polar surface area (TPSA) is 110 Å². The third-order valence-electron chi connectivity index (χ3n) is 7.51. The largest absolute Gasteiger partial charge is 0.444 e. The van der Waals surface area contributed by atoms with Crippen molar-refractivity contribution in [3.05, 3.63) is 53.3 Å². The smallest absolute Gasteiger partial charge is 0.410 e. The second kappa shape index (κ2) is 15.4. The monoisotopic (exact) mass is 712 g/mol. The zero-order valence-electron chi connectivity index (χ0n) is 28.9. The first kappa shape index (κ1) is 36.0. The summed E-state index contributed by atoms with van der Waals surface area (Å²) in [6, 6.07) is 12.5. The molecule has 2 fully saturated rings. The highest BCUT2D eigenvalue weighted by molar-refractivity contribution is 9.10. The molecular weight excluding hydrogens is 664 g/mol. The lowest BCUT2D eigenvalue weighted by atomic mass is 10.2. The quantitative estimate of drug-likeness (QED) is 0.264. The predicted octanol–water partition coefficient (Wildman–Crippen LogP) is 5.79. The molecule has 2 aromatic heterocycles. The number of hydrogen-bond donors (Lipinski definition) is 1. The van der Waals surface area contributed by atoms with E-state index < -0.39 is 5.60 Å². The average molecular weight is 714 g/mol. The summed E-state index contributed by atoms with van der Waals surface area (Å²) < 4.78 is 15.5. The third-order valence-corrected chi connectivity index (χ3v) is 8.00. The Morgan fingerprint density at radius 2 is 1.17 bits per heavy atom.